The van der Waals surface area contributed by atoms with Gasteiger partial charge < -0.3 is 4.57 Å². The molecule has 6 heteroatoms. The van der Waals surface area contributed by atoms with Crippen LogP contribution in [0.3, 0.4) is 0 Å². The lowest BCUT2D eigenvalue weighted by molar-refractivity contribution is 0.525. The van der Waals surface area contributed by atoms with E-state index in [0.717, 1.165) is 18.1 Å². The van der Waals surface area contributed by atoms with E-state index in [-0.39, 0.29) is 0 Å². The van der Waals surface area contributed by atoms with Crippen LogP contribution in [0.15, 0.2) is 11.7 Å². The average Bonchev–Trinajstić information content (AvgIpc) is 2.70. The third-order valence-corrected chi connectivity index (χ3v) is 2.27. The molecule has 14 heavy (non-hydrogen) atoms. The first-order valence-electron chi connectivity index (χ1n) is 4.42. The summed E-state index contributed by atoms with van der Waals surface area (Å²) in [7, 11) is 0. The molecule has 0 aliphatic heterocycles. The lowest BCUT2D eigenvalue weighted by Crippen LogP contribution is -2.05. The van der Waals surface area contributed by atoms with Crippen molar-refractivity contribution in [3.05, 3.63) is 11.7 Å². The van der Waals surface area contributed by atoms with Gasteiger partial charge in [-0.1, -0.05) is 18.3 Å². The van der Waals surface area contributed by atoms with Gasteiger partial charge in [0, 0.05) is 11.9 Å². The van der Waals surface area contributed by atoms with Crippen LogP contribution in [0.5, 0.6) is 0 Å². The maximum Gasteiger partial charge on any atom is 0.185 e. The van der Waals surface area contributed by atoms with Gasteiger partial charge in [0.2, 0.25) is 0 Å². The highest BCUT2D eigenvalue weighted by Crippen LogP contribution is 2.15. The van der Waals surface area contributed by atoms with Gasteiger partial charge in [-0.3, -0.25) is 0 Å². The van der Waals surface area contributed by atoms with Crippen molar-refractivity contribution in [1.82, 2.24) is 24.4 Å². The van der Waals surface area contributed by atoms with E-state index in [1.807, 2.05) is 9.95 Å². The van der Waals surface area contributed by atoms with Gasteiger partial charge in [-0.25, -0.2) is 0 Å². The molecule has 2 aromatic rings. The molecule has 5 nitrogen and oxygen atoms in total. The fourth-order valence-corrected chi connectivity index (χ4v) is 1.68. The summed E-state index contributed by atoms with van der Waals surface area (Å²) < 4.78 is 5.81. The Morgan fingerprint density at radius 2 is 2.29 bits per heavy atom. The van der Waals surface area contributed by atoms with Crippen molar-refractivity contribution < 1.29 is 0 Å². The van der Waals surface area contributed by atoms with Gasteiger partial charge in [-0.15, -0.1) is 15.3 Å². The number of hydrogen-bond acceptors (Lipinski definition) is 5. The van der Waals surface area contributed by atoms with Crippen molar-refractivity contribution in [2.24, 2.45) is 5.92 Å². The highest BCUT2D eigenvalue weighted by molar-refractivity contribution is 7.03. The molecular weight excluding hydrogens is 198 g/mol. The molecule has 0 unspecified atom stereocenters. The van der Waals surface area contributed by atoms with E-state index < -0.39 is 0 Å². The largest absolute Gasteiger partial charge is 0.312 e. The van der Waals surface area contributed by atoms with Crippen LogP contribution in [0, 0.1) is 5.92 Å². The van der Waals surface area contributed by atoms with Crippen molar-refractivity contribution >= 4 is 11.5 Å². The Labute approximate surface area is 86.0 Å². The van der Waals surface area contributed by atoms with Crippen LogP contribution < -0.4 is 0 Å². The molecular formula is C8H11N5S. The zero-order chi connectivity index (χ0) is 9.97. The molecule has 0 fully saturated rings. The molecule has 0 N–H and O–H groups in total. The summed E-state index contributed by atoms with van der Waals surface area (Å²) in [6.45, 7) is 5.21. The lowest BCUT2D eigenvalue weighted by atomic mass is 10.2. The zero-order valence-electron chi connectivity index (χ0n) is 8.08. The average molecular weight is 209 g/mol. The first kappa shape index (κ1) is 9.26. The second kappa shape index (κ2) is 3.83. The van der Waals surface area contributed by atoms with E-state index in [1.165, 1.54) is 11.5 Å². The topological polar surface area (TPSA) is 56.5 Å². The van der Waals surface area contributed by atoms with Crippen molar-refractivity contribution in [1.29, 1.82) is 0 Å². The predicted molar refractivity (Wildman–Crippen MR) is 53.8 cm³/mol. The normalized spacial score (nSPS) is 11.1. The van der Waals surface area contributed by atoms with E-state index in [1.54, 1.807) is 6.33 Å². The Kier molecular flexibility index (Phi) is 2.53. The molecule has 0 atom stereocenters. The maximum absolute atomic E-state index is 4.03. The molecule has 0 aromatic carbocycles. The first-order valence-corrected chi connectivity index (χ1v) is 5.26. The van der Waals surface area contributed by atoms with Crippen molar-refractivity contribution in [3.8, 4) is 11.5 Å². The maximum atomic E-state index is 4.03. The smallest absolute Gasteiger partial charge is 0.185 e. The van der Waals surface area contributed by atoms with Crippen LogP contribution in [0.2, 0.25) is 0 Å². The molecule has 0 spiro atoms. The van der Waals surface area contributed by atoms with E-state index in [2.05, 4.69) is 33.6 Å². The second-order valence-corrected chi connectivity index (χ2v) is 4.10. The summed E-state index contributed by atoms with van der Waals surface area (Å²) in [6, 6.07) is 0. The van der Waals surface area contributed by atoms with Crippen LogP contribution in [0.25, 0.3) is 11.5 Å². The molecule has 2 rings (SSSR count). The van der Waals surface area contributed by atoms with E-state index in [0.29, 0.717) is 5.92 Å². The monoisotopic (exact) mass is 209 g/mol. The van der Waals surface area contributed by atoms with Crippen LogP contribution >= 0.6 is 11.5 Å². The van der Waals surface area contributed by atoms with Gasteiger partial charge in [0.1, 0.15) is 12.0 Å². The zero-order valence-corrected chi connectivity index (χ0v) is 8.90. The Morgan fingerprint density at radius 3 is 2.93 bits per heavy atom. The van der Waals surface area contributed by atoms with Crippen LogP contribution in [-0.4, -0.2) is 24.4 Å². The van der Waals surface area contributed by atoms with Gasteiger partial charge in [0.05, 0.1) is 0 Å². The van der Waals surface area contributed by atoms with Crippen LogP contribution in [0.1, 0.15) is 13.8 Å². The Morgan fingerprint density at radius 1 is 1.43 bits per heavy atom. The summed E-state index contributed by atoms with van der Waals surface area (Å²) in [5, 5.41) is 13.8. The third-order valence-electron chi connectivity index (χ3n) is 1.77. The summed E-state index contributed by atoms with van der Waals surface area (Å²) >= 11 is 1.32. The standard InChI is InChI=1S/C8H11N5S/c1-6(2)3-13-5-9-11-8(13)7-4-14-12-10-7/h4-6H,3H2,1-2H3. The van der Waals surface area contributed by atoms with Crippen LogP contribution in [0.4, 0.5) is 0 Å². The molecule has 0 aliphatic rings. The molecule has 2 heterocycles. The molecule has 0 saturated carbocycles. The van der Waals surface area contributed by atoms with Gasteiger partial charge in [-0.2, -0.15) is 0 Å². The predicted octanol–water partition coefficient (Wildman–Crippen LogP) is 1.45. The van der Waals surface area contributed by atoms with Crippen molar-refractivity contribution in [2.45, 2.75) is 20.4 Å². The number of rotatable bonds is 3. The minimum absolute atomic E-state index is 0.566. The Bertz CT molecular complexity index is 392. The minimum Gasteiger partial charge on any atom is -0.312 e. The van der Waals surface area contributed by atoms with Gasteiger partial charge >= 0.3 is 0 Å². The molecule has 2 aromatic heterocycles. The fraction of sp³-hybridized carbons (Fsp3) is 0.500. The molecule has 74 valence electrons. The fourth-order valence-electron chi connectivity index (χ4n) is 1.24. The lowest BCUT2D eigenvalue weighted by Gasteiger charge is -2.06. The number of aromatic nitrogens is 5. The van der Waals surface area contributed by atoms with Crippen molar-refractivity contribution in [3.63, 3.8) is 0 Å². The molecule has 0 amide bonds. The number of hydrogen-bond donors (Lipinski definition) is 0. The molecule has 0 aliphatic carbocycles. The van der Waals surface area contributed by atoms with E-state index in [9.17, 15) is 0 Å². The van der Waals surface area contributed by atoms with E-state index >= 15 is 0 Å². The second-order valence-electron chi connectivity index (χ2n) is 3.49. The van der Waals surface area contributed by atoms with Crippen molar-refractivity contribution in [2.75, 3.05) is 0 Å². The van der Waals surface area contributed by atoms with Crippen LogP contribution in [-0.2, 0) is 6.54 Å². The molecule has 0 radical (unpaired) electrons. The highest BCUT2D eigenvalue weighted by atomic mass is 32.1. The summed E-state index contributed by atoms with van der Waals surface area (Å²) in [5.74, 6) is 1.36. The summed E-state index contributed by atoms with van der Waals surface area (Å²) in [4.78, 5) is 0. The minimum atomic E-state index is 0.566. The van der Waals surface area contributed by atoms with Gasteiger partial charge in [-0.05, 0) is 17.5 Å². The Balaban J connectivity index is 2.30. The quantitative estimate of drug-likeness (QED) is 0.767. The Hall–Kier alpha value is -1.30. The third kappa shape index (κ3) is 1.79. The van der Waals surface area contributed by atoms with Gasteiger partial charge in [0.25, 0.3) is 0 Å². The number of nitrogens with zero attached hydrogens (tertiary/aromatic N) is 5. The SMILES string of the molecule is CC(C)Cn1cnnc1-c1csnn1. The van der Waals surface area contributed by atoms with Gasteiger partial charge in [0.15, 0.2) is 5.82 Å². The summed E-state index contributed by atoms with van der Waals surface area (Å²) in [6.07, 6.45) is 1.73. The highest BCUT2D eigenvalue weighted by Gasteiger charge is 2.10. The first-order chi connectivity index (χ1) is 6.77. The summed E-state index contributed by atoms with van der Waals surface area (Å²) in [5.41, 5.74) is 0.799. The van der Waals surface area contributed by atoms with E-state index in [4.69, 9.17) is 0 Å². The molecule has 0 saturated heterocycles. The molecule has 0 bridgehead atoms.